The van der Waals surface area contributed by atoms with Gasteiger partial charge in [-0.15, -0.1) is 0 Å². The molecule has 0 amide bonds. The summed E-state index contributed by atoms with van der Waals surface area (Å²) in [4.78, 5) is 38.0. The first kappa shape index (κ1) is 61.1. The molecule has 1 atom stereocenters. The van der Waals surface area contributed by atoms with Crippen molar-refractivity contribution < 1.29 is 28.6 Å². The van der Waals surface area contributed by atoms with E-state index in [2.05, 4.69) is 130 Å². The minimum atomic E-state index is -0.812. The van der Waals surface area contributed by atoms with E-state index in [0.29, 0.717) is 12.8 Å². The summed E-state index contributed by atoms with van der Waals surface area (Å²) in [6.07, 6.45) is 70.7. The summed E-state index contributed by atoms with van der Waals surface area (Å²) < 4.78 is 16.8. The lowest BCUT2D eigenvalue weighted by Gasteiger charge is -2.18. The maximum atomic E-state index is 12.8. The van der Waals surface area contributed by atoms with E-state index in [0.717, 1.165) is 122 Å². The number of carbonyl (C=O) groups excluding carboxylic acids is 3. The number of hydrogen-bond donors (Lipinski definition) is 0. The zero-order valence-corrected chi connectivity index (χ0v) is 42.0. The topological polar surface area (TPSA) is 78.9 Å². The van der Waals surface area contributed by atoms with Crippen molar-refractivity contribution in [3.63, 3.8) is 0 Å². The molecule has 65 heavy (non-hydrogen) atoms. The average Bonchev–Trinajstić information content (AvgIpc) is 3.30. The lowest BCUT2D eigenvalue weighted by atomic mass is 10.1. The Morgan fingerprint density at radius 2 is 0.600 bits per heavy atom. The van der Waals surface area contributed by atoms with E-state index in [1.807, 2.05) is 0 Å². The van der Waals surface area contributed by atoms with E-state index < -0.39 is 6.10 Å². The first-order valence-corrected chi connectivity index (χ1v) is 26.5. The third-order valence-electron chi connectivity index (χ3n) is 10.9. The van der Waals surface area contributed by atoms with Gasteiger partial charge in [-0.3, -0.25) is 14.4 Å². The maximum absolute atomic E-state index is 12.8. The van der Waals surface area contributed by atoms with Crippen LogP contribution in [0.3, 0.4) is 0 Å². The van der Waals surface area contributed by atoms with Gasteiger partial charge in [0.15, 0.2) is 6.10 Å². The molecule has 0 fully saturated rings. The normalized spacial score (nSPS) is 13.0. The lowest BCUT2D eigenvalue weighted by Crippen LogP contribution is -2.30. The Labute approximate surface area is 400 Å². The molecule has 0 saturated heterocycles. The first-order valence-electron chi connectivity index (χ1n) is 26.5. The fourth-order valence-electron chi connectivity index (χ4n) is 6.91. The number of unbranched alkanes of at least 4 members (excludes halogenated alkanes) is 23. The number of carbonyl (C=O) groups is 3. The minimum Gasteiger partial charge on any atom is -0.462 e. The molecule has 0 radical (unpaired) electrons. The largest absolute Gasteiger partial charge is 0.462 e. The summed E-state index contributed by atoms with van der Waals surface area (Å²) in [5, 5.41) is 0. The second-order valence-electron chi connectivity index (χ2n) is 17.2. The Morgan fingerprint density at radius 1 is 0.323 bits per heavy atom. The van der Waals surface area contributed by atoms with E-state index in [9.17, 15) is 14.4 Å². The van der Waals surface area contributed by atoms with Crippen LogP contribution in [-0.4, -0.2) is 37.2 Å². The molecule has 0 saturated carbocycles. The van der Waals surface area contributed by atoms with Gasteiger partial charge in [-0.25, -0.2) is 0 Å². The predicted octanol–water partition coefficient (Wildman–Crippen LogP) is 17.5. The van der Waals surface area contributed by atoms with Gasteiger partial charge in [0.25, 0.3) is 0 Å². The van der Waals surface area contributed by atoms with Crippen molar-refractivity contribution in [3.8, 4) is 0 Å². The Hall–Kier alpha value is -3.93. The van der Waals surface area contributed by atoms with Gasteiger partial charge >= 0.3 is 17.9 Å². The van der Waals surface area contributed by atoms with Crippen molar-refractivity contribution in [2.45, 2.75) is 232 Å². The smallest absolute Gasteiger partial charge is 0.306 e. The van der Waals surface area contributed by atoms with Crippen LogP contribution in [0.25, 0.3) is 0 Å². The number of esters is 3. The molecule has 0 heterocycles. The molecule has 0 aromatic heterocycles. The quantitative estimate of drug-likeness (QED) is 0.0262. The molecule has 368 valence electrons. The summed E-state index contributed by atoms with van der Waals surface area (Å²) >= 11 is 0. The SMILES string of the molecule is CC\C=C/C=C\C=C/CCCCCCCC(=O)OCC(COC(=O)CCCCCCC\C=C/C=C\C=C/C=C\CCCCC)OC(=O)CCCCC/C=C\C=C/CCCCCCCCC. The van der Waals surface area contributed by atoms with E-state index in [-0.39, 0.29) is 37.5 Å². The van der Waals surface area contributed by atoms with Gasteiger partial charge in [0.05, 0.1) is 0 Å². The van der Waals surface area contributed by atoms with Crippen LogP contribution >= 0.6 is 0 Å². The molecule has 6 nitrogen and oxygen atoms in total. The van der Waals surface area contributed by atoms with Crippen LogP contribution in [0.5, 0.6) is 0 Å². The zero-order valence-electron chi connectivity index (χ0n) is 42.0. The van der Waals surface area contributed by atoms with Crippen LogP contribution in [0, 0.1) is 0 Å². The fraction of sp³-hybridized carbons (Fsp3) is 0.644. The molecule has 6 heteroatoms. The van der Waals surface area contributed by atoms with Crippen molar-refractivity contribution in [2.24, 2.45) is 0 Å². The Bertz CT molecular complexity index is 1360. The molecular weight excluding hydrogens is 805 g/mol. The van der Waals surface area contributed by atoms with Gasteiger partial charge in [-0.2, -0.15) is 0 Å². The number of hydrogen-bond acceptors (Lipinski definition) is 6. The van der Waals surface area contributed by atoms with Gasteiger partial charge in [0.1, 0.15) is 13.2 Å². The summed E-state index contributed by atoms with van der Waals surface area (Å²) in [7, 11) is 0. The zero-order chi connectivity index (χ0) is 47.2. The first-order chi connectivity index (χ1) is 32.0. The van der Waals surface area contributed by atoms with Crippen LogP contribution in [-0.2, 0) is 28.6 Å². The van der Waals surface area contributed by atoms with Crippen LogP contribution in [0.15, 0.2) is 109 Å². The third-order valence-corrected chi connectivity index (χ3v) is 10.9. The van der Waals surface area contributed by atoms with Crippen molar-refractivity contribution in [1.29, 1.82) is 0 Å². The maximum Gasteiger partial charge on any atom is 0.306 e. The van der Waals surface area contributed by atoms with Crippen molar-refractivity contribution in [2.75, 3.05) is 13.2 Å². The molecule has 0 aliphatic carbocycles. The molecule has 0 aliphatic rings. The molecule has 0 rings (SSSR count). The summed E-state index contributed by atoms with van der Waals surface area (Å²) in [6.45, 7) is 6.39. The predicted molar refractivity (Wildman–Crippen MR) is 279 cm³/mol. The highest BCUT2D eigenvalue weighted by Crippen LogP contribution is 2.13. The van der Waals surface area contributed by atoms with Gasteiger partial charge in [0, 0.05) is 19.3 Å². The Kier molecular flexibility index (Phi) is 49.5. The van der Waals surface area contributed by atoms with E-state index in [1.165, 1.54) is 64.2 Å². The summed E-state index contributed by atoms with van der Waals surface area (Å²) in [5.41, 5.74) is 0. The third kappa shape index (κ3) is 50.9. The summed E-state index contributed by atoms with van der Waals surface area (Å²) in [6, 6.07) is 0. The molecular formula is C59H96O6. The second kappa shape index (κ2) is 52.7. The molecule has 0 aromatic rings. The lowest BCUT2D eigenvalue weighted by molar-refractivity contribution is -0.167. The summed E-state index contributed by atoms with van der Waals surface area (Å²) in [5.74, 6) is -0.982. The number of ether oxygens (including phenoxy) is 3. The number of allylic oxidation sites excluding steroid dienone is 18. The van der Waals surface area contributed by atoms with Crippen molar-refractivity contribution in [1.82, 2.24) is 0 Å². The standard InChI is InChI=1S/C59H96O6/c1-4-7-10-13-16-19-22-25-27-29-30-32-34-37-40-43-46-49-52-58(61)64-55-56(54-63-57(60)51-48-45-42-39-36-33-24-21-18-15-12-9-6-3)65-59(62)53-50-47-44-41-38-35-31-28-26-23-20-17-14-11-8-5-2/h9,12,15-16,18-19,21-22,24-25,27-32,35,38,56H,4-8,10-11,13-14,17,20,23,26,33-34,36-37,39-55H2,1-3H3/b12-9-,18-15-,19-16-,24-21-,25-22-,29-27-,31-28-,32-30-,38-35-. The van der Waals surface area contributed by atoms with Crippen LogP contribution in [0.1, 0.15) is 226 Å². The highest BCUT2D eigenvalue weighted by molar-refractivity contribution is 5.71. The van der Waals surface area contributed by atoms with Crippen molar-refractivity contribution in [3.05, 3.63) is 109 Å². The minimum absolute atomic E-state index is 0.110. The van der Waals surface area contributed by atoms with Gasteiger partial charge in [-0.05, 0) is 89.9 Å². The van der Waals surface area contributed by atoms with Gasteiger partial charge < -0.3 is 14.2 Å². The highest BCUT2D eigenvalue weighted by atomic mass is 16.6. The molecule has 0 bridgehead atoms. The van der Waals surface area contributed by atoms with Gasteiger partial charge in [0.2, 0.25) is 0 Å². The molecule has 0 spiro atoms. The molecule has 0 N–H and O–H groups in total. The van der Waals surface area contributed by atoms with E-state index in [1.54, 1.807) is 0 Å². The van der Waals surface area contributed by atoms with Crippen molar-refractivity contribution >= 4 is 17.9 Å². The molecule has 1 unspecified atom stereocenters. The molecule has 0 aromatic carbocycles. The average molecular weight is 901 g/mol. The Balaban J connectivity index is 4.52. The molecule has 0 aliphatic heterocycles. The second-order valence-corrected chi connectivity index (χ2v) is 17.2. The Morgan fingerprint density at radius 3 is 1.00 bits per heavy atom. The number of rotatable bonds is 46. The van der Waals surface area contributed by atoms with E-state index >= 15 is 0 Å². The van der Waals surface area contributed by atoms with Crippen LogP contribution in [0.4, 0.5) is 0 Å². The van der Waals surface area contributed by atoms with Gasteiger partial charge in [-0.1, -0.05) is 226 Å². The highest BCUT2D eigenvalue weighted by Gasteiger charge is 2.19. The van der Waals surface area contributed by atoms with Crippen LogP contribution in [0.2, 0.25) is 0 Å². The van der Waals surface area contributed by atoms with E-state index in [4.69, 9.17) is 14.2 Å². The fourth-order valence-corrected chi connectivity index (χ4v) is 6.91. The monoisotopic (exact) mass is 901 g/mol. The van der Waals surface area contributed by atoms with Crippen LogP contribution < -0.4 is 0 Å².